The Morgan fingerprint density at radius 1 is 1.27 bits per heavy atom. The standard InChI is InChI=1S/C11H10N2O2/c14-8-9-4-5-10(12-7-9)13-6-2-1-3-11(13)15/h1-7,14H,8H2. The topological polar surface area (TPSA) is 55.1 Å². The van der Waals surface area contributed by atoms with Crippen LogP contribution < -0.4 is 5.56 Å². The van der Waals surface area contributed by atoms with E-state index < -0.39 is 0 Å². The molecule has 4 heteroatoms. The second-order valence-electron chi connectivity index (χ2n) is 3.09. The van der Waals surface area contributed by atoms with Gasteiger partial charge in [0.25, 0.3) is 5.56 Å². The molecule has 0 unspecified atom stereocenters. The summed E-state index contributed by atoms with van der Waals surface area (Å²) in [6.07, 6.45) is 3.21. The summed E-state index contributed by atoms with van der Waals surface area (Å²) in [6.45, 7) is -0.0447. The monoisotopic (exact) mass is 202 g/mol. The second-order valence-corrected chi connectivity index (χ2v) is 3.09. The lowest BCUT2D eigenvalue weighted by Crippen LogP contribution is -2.16. The third-order valence-corrected chi connectivity index (χ3v) is 2.06. The summed E-state index contributed by atoms with van der Waals surface area (Å²) < 4.78 is 1.45. The van der Waals surface area contributed by atoms with Gasteiger partial charge in [0, 0.05) is 18.5 Å². The zero-order valence-corrected chi connectivity index (χ0v) is 8.00. The summed E-state index contributed by atoms with van der Waals surface area (Å²) in [4.78, 5) is 15.5. The van der Waals surface area contributed by atoms with Gasteiger partial charge < -0.3 is 5.11 Å². The van der Waals surface area contributed by atoms with Crippen molar-refractivity contribution in [1.82, 2.24) is 9.55 Å². The van der Waals surface area contributed by atoms with Gasteiger partial charge in [-0.05, 0) is 17.7 Å². The maximum atomic E-state index is 11.4. The van der Waals surface area contributed by atoms with Gasteiger partial charge in [0.15, 0.2) is 0 Å². The average molecular weight is 202 g/mol. The maximum Gasteiger partial charge on any atom is 0.256 e. The lowest BCUT2D eigenvalue weighted by molar-refractivity contribution is 0.281. The Hall–Kier alpha value is -1.94. The Kier molecular flexibility index (Phi) is 2.60. The molecule has 0 aromatic carbocycles. The summed E-state index contributed by atoms with van der Waals surface area (Å²) in [5, 5.41) is 8.85. The lowest BCUT2D eigenvalue weighted by Gasteiger charge is -2.03. The first-order chi connectivity index (χ1) is 7.31. The summed E-state index contributed by atoms with van der Waals surface area (Å²) in [6, 6.07) is 8.36. The Morgan fingerprint density at radius 3 is 2.73 bits per heavy atom. The number of hydrogen-bond donors (Lipinski definition) is 1. The van der Waals surface area contributed by atoms with E-state index in [4.69, 9.17) is 5.11 Å². The van der Waals surface area contributed by atoms with Crippen molar-refractivity contribution in [3.05, 3.63) is 58.6 Å². The number of aliphatic hydroxyl groups is 1. The molecule has 1 N–H and O–H groups in total. The molecule has 0 atom stereocenters. The normalized spacial score (nSPS) is 10.2. The Labute approximate surface area is 86.5 Å². The third-order valence-electron chi connectivity index (χ3n) is 2.06. The fourth-order valence-electron chi connectivity index (χ4n) is 1.27. The van der Waals surface area contributed by atoms with Crippen LogP contribution in [0.5, 0.6) is 0 Å². The van der Waals surface area contributed by atoms with Crippen molar-refractivity contribution in [3.63, 3.8) is 0 Å². The Bertz CT molecular complexity index is 502. The van der Waals surface area contributed by atoms with E-state index in [1.54, 1.807) is 36.7 Å². The molecule has 0 spiro atoms. The lowest BCUT2D eigenvalue weighted by atomic mass is 10.3. The molecule has 0 aliphatic carbocycles. The maximum absolute atomic E-state index is 11.4. The highest BCUT2D eigenvalue weighted by Crippen LogP contribution is 2.03. The quantitative estimate of drug-likeness (QED) is 0.780. The molecular weight excluding hydrogens is 192 g/mol. The molecule has 15 heavy (non-hydrogen) atoms. The smallest absolute Gasteiger partial charge is 0.256 e. The number of nitrogens with zero attached hydrogens (tertiary/aromatic N) is 2. The van der Waals surface area contributed by atoms with E-state index in [-0.39, 0.29) is 12.2 Å². The number of pyridine rings is 2. The van der Waals surface area contributed by atoms with Crippen LogP contribution in [0.1, 0.15) is 5.56 Å². The molecule has 0 aliphatic rings. The minimum Gasteiger partial charge on any atom is -0.392 e. The van der Waals surface area contributed by atoms with E-state index in [0.717, 1.165) is 5.56 Å². The minimum absolute atomic E-state index is 0.0447. The molecule has 0 aliphatic heterocycles. The van der Waals surface area contributed by atoms with E-state index >= 15 is 0 Å². The molecule has 2 aromatic rings. The first-order valence-electron chi connectivity index (χ1n) is 4.55. The van der Waals surface area contributed by atoms with Gasteiger partial charge >= 0.3 is 0 Å². The second kappa shape index (κ2) is 4.06. The summed E-state index contributed by atoms with van der Waals surface area (Å²) in [5.74, 6) is 0.554. The van der Waals surface area contributed by atoms with E-state index in [2.05, 4.69) is 4.98 Å². The van der Waals surface area contributed by atoms with E-state index in [9.17, 15) is 4.79 Å². The number of hydrogen-bond acceptors (Lipinski definition) is 3. The first-order valence-corrected chi connectivity index (χ1v) is 4.55. The molecule has 2 aromatic heterocycles. The molecule has 0 saturated heterocycles. The van der Waals surface area contributed by atoms with Crippen molar-refractivity contribution in [1.29, 1.82) is 0 Å². The SMILES string of the molecule is O=c1ccccn1-c1ccc(CO)cn1. The third kappa shape index (κ3) is 1.94. The van der Waals surface area contributed by atoms with Gasteiger partial charge in [0.1, 0.15) is 5.82 Å². The fraction of sp³-hybridized carbons (Fsp3) is 0.0909. The predicted molar refractivity (Wildman–Crippen MR) is 55.8 cm³/mol. The van der Waals surface area contributed by atoms with Gasteiger partial charge in [-0.3, -0.25) is 9.36 Å². The highest BCUT2D eigenvalue weighted by molar-refractivity contribution is 5.25. The van der Waals surface area contributed by atoms with Crippen LogP contribution in [0, 0.1) is 0 Å². The van der Waals surface area contributed by atoms with Crippen LogP contribution in [-0.4, -0.2) is 14.7 Å². The van der Waals surface area contributed by atoms with Crippen LogP contribution in [0.25, 0.3) is 5.82 Å². The number of aliphatic hydroxyl groups excluding tert-OH is 1. The first kappa shape index (κ1) is 9.61. The van der Waals surface area contributed by atoms with Crippen LogP contribution in [0.4, 0.5) is 0 Å². The van der Waals surface area contributed by atoms with Crippen LogP contribution in [-0.2, 0) is 6.61 Å². The van der Waals surface area contributed by atoms with Crippen molar-refractivity contribution in [2.45, 2.75) is 6.61 Å². The molecule has 0 radical (unpaired) electrons. The van der Waals surface area contributed by atoms with Crippen LogP contribution in [0.3, 0.4) is 0 Å². The number of aromatic nitrogens is 2. The molecule has 0 saturated carbocycles. The molecule has 0 amide bonds. The average Bonchev–Trinajstić information content (AvgIpc) is 2.30. The van der Waals surface area contributed by atoms with E-state index in [0.29, 0.717) is 5.82 Å². The van der Waals surface area contributed by atoms with Crippen molar-refractivity contribution >= 4 is 0 Å². The van der Waals surface area contributed by atoms with Crippen LogP contribution in [0.2, 0.25) is 0 Å². The van der Waals surface area contributed by atoms with Crippen molar-refractivity contribution in [2.75, 3.05) is 0 Å². The fourth-order valence-corrected chi connectivity index (χ4v) is 1.27. The van der Waals surface area contributed by atoms with Gasteiger partial charge in [-0.25, -0.2) is 4.98 Å². The summed E-state index contributed by atoms with van der Waals surface area (Å²) in [5.41, 5.74) is 0.601. The van der Waals surface area contributed by atoms with Crippen molar-refractivity contribution in [2.24, 2.45) is 0 Å². The zero-order chi connectivity index (χ0) is 10.7. The Balaban J connectivity index is 2.46. The molecule has 0 fully saturated rings. The summed E-state index contributed by atoms with van der Waals surface area (Å²) in [7, 11) is 0. The molecule has 4 nitrogen and oxygen atoms in total. The number of rotatable bonds is 2. The molecule has 0 bridgehead atoms. The Morgan fingerprint density at radius 2 is 2.13 bits per heavy atom. The molecule has 2 rings (SSSR count). The highest BCUT2D eigenvalue weighted by atomic mass is 16.3. The minimum atomic E-state index is -0.123. The van der Waals surface area contributed by atoms with E-state index in [1.807, 2.05) is 0 Å². The molecular formula is C11H10N2O2. The van der Waals surface area contributed by atoms with Gasteiger partial charge in [-0.1, -0.05) is 12.1 Å². The van der Waals surface area contributed by atoms with E-state index in [1.165, 1.54) is 10.6 Å². The van der Waals surface area contributed by atoms with Gasteiger partial charge in [-0.2, -0.15) is 0 Å². The molecule has 2 heterocycles. The van der Waals surface area contributed by atoms with Crippen LogP contribution >= 0.6 is 0 Å². The van der Waals surface area contributed by atoms with Crippen molar-refractivity contribution < 1.29 is 5.11 Å². The van der Waals surface area contributed by atoms with Crippen LogP contribution in [0.15, 0.2) is 47.5 Å². The van der Waals surface area contributed by atoms with Gasteiger partial charge in [0.2, 0.25) is 0 Å². The predicted octanol–water partition coefficient (Wildman–Crippen LogP) is 0.725. The zero-order valence-electron chi connectivity index (χ0n) is 8.00. The highest BCUT2D eigenvalue weighted by Gasteiger charge is 1.99. The van der Waals surface area contributed by atoms with Crippen molar-refractivity contribution in [3.8, 4) is 5.82 Å². The largest absolute Gasteiger partial charge is 0.392 e. The molecule has 76 valence electrons. The van der Waals surface area contributed by atoms with Gasteiger partial charge in [-0.15, -0.1) is 0 Å². The van der Waals surface area contributed by atoms with Gasteiger partial charge in [0.05, 0.1) is 6.61 Å². The summed E-state index contributed by atoms with van der Waals surface area (Å²) >= 11 is 0.